The van der Waals surface area contributed by atoms with Crippen LogP contribution >= 0.6 is 0 Å². The number of ether oxygens (including phenoxy) is 3. The molecule has 4 heterocycles. The standard InChI is InChI=1S/C51H62N8O15/c1-55-49(54)58-29-7-6-26-36(24-4-8-32(52)57-18-24)22(12-14-60)3-5-27-37(26)40(29)44(66)42-38(27)43(65)39-28(20-61)30(72-2)16-31(41(39)45(42)67)73-48-46(68)47(69)50(70,51(71,21-62)74-48)17-25(23-11-13-56-33(53)15-23)19-59-34(63)9-10-35(59)64/h4,8-11,15-16,18,22,25-26,29,32,36,46-48,56-57,60-62,66,68-71H,3,5-7,12-14,17,19-21,52-53H2,1-2H3,(H3,54,55,58). The number of rotatable bonds is 14. The van der Waals surface area contributed by atoms with Crippen molar-refractivity contribution in [3.63, 3.8) is 0 Å². The Labute approximate surface area is 424 Å². The lowest BCUT2D eigenvalue weighted by Gasteiger charge is -2.53. The van der Waals surface area contributed by atoms with E-state index in [2.05, 4.69) is 20.9 Å². The fourth-order valence-electron chi connectivity index (χ4n) is 12.2. The van der Waals surface area contributed by atoms with Crippen LogP contribution in [-0.2, 0) is 27.4 Å². The zero-order valence-electron chi connectivity index (χ0n) is 40.7. The molecule has 23 nitrogen and oxygen atoms in total. The lowest BCUT2D eigenvalue weighted by atomic mass is 9.65. The molecule has 0 radical (unpaired) electrons. The SMILES string of the molecule is CN=C(N)NC1CCC2c3c(c4c(c(O)c31)C(=O)c1c(OC3OC(O)(CO)C(O)(CC(CN5C(=O)C=CC5=O)C5=CCNC(N)=C5)C(O)C3O)cc(OC)c(CO)c1C4=O)CCC(CCO)C2C1=CNC(N)C=C1. The topological polar surface area (TPSA) is 388 Å². The molecule has 2 aromatic carbocycles. The number of guanidine groups is 1. The molecule has 17 N–H and O–H groups in total. The summed E-state index contributed by atoms with van der Waals surface area (Å²) in [6, 6.07) is 0.388. The van der Waals surface area contributed by atoms with E-state index in [1.165, 1.54) is 20.2 Å². The van der Waals surface area contributed by atoms with Crippen molar-refractivity contribution in [2.24, 2.45) is 39.9 Å². The number of aliphatic hydroxyl groups is 7. The van der Waals surface area contributed by atoms with Crippen LogP contribution in [0, 0.1) is 17.8 Å². The molecule has 0 saturated carbocycles. The van der Waals surface area contributed by atoms with E-state index in [4.69, 9.17) is 31.4 Å². The lowest BCUT2D eigenvalue weighted by molar-refractivity contribution is -0.420. The number of phenols is 1. The van der Waals surface area contributed by atoms with Crippen molar-refractivity contribution in [3.05, 3.63) is 110 Å². The fraction of sp³-hybridized carbons (Fsp3) is 0.471. The van der Waals surface area contributed by atoms with Crippen molar-refractivity contribution >= 4 is 29.3 Å². The summed E-state index contributed by atoms with van der Waals surface area (Å²) >= 11 is 0. The van der Waals surface area contributed by atoms with Crippen LogP contribution in [0.2, 0.25) is 0 Å². The van der Waals surface area contributed by atoms with Gasteiger partial charge in [0.05, 0.1) is 42.9 Å². The number of aliphatic imine (C=N–C) groups is 1. The van der Waals surface area contributed by atoms with Crippen molar-refractivity contribution in [2.45, 2.75) is 93.1 Å². The molecule has 4 aliphatic heterocycles. The number of aromatic hydroxyl groups is 1. The first-order valence-electron chi connectivity index (χ1n) is 24.4. The van der Waals surface area contributed by atoms with Crippen LogP contribution in [0.5, 0.6) is 17.2 Å². The van der Waals surface area contributed by atoms with Crippen LogP contribution in [0.4, 0.5) is 0 Å². The molecule has 1 saturated heterocycles. The number of aliphatic hydroxyl groups excluding tert-OH is 5. The summed E-state index contributed by atoms with van der Waals surface area (Å²) in [6.07, 6.45) is 4.50. The van der Waals surface area contributed by atoms with Gasteiger partial charge in [0.2, 0.25) is 17.9 Å². The van der Waals surface area contributed by atoms with Crippen molar-refractivity contribution in [1.82, 2.24) is 20.9 Å². The normalized spacial score (nSPS) is 30.8. The van der Waals surface area contributed by atoms with E-state index < -0.39 is 120 Å². The third kappa shape index (κ3) is 8.60. The molecule has 2 amide bonds. The van der Waals surface area contributed by atoms with E-state index >= 15 is 9.59 Å². The highest BCUT2D eigenvalue weighted by Crippen LogP contribution is 2.57. The van der Waals surface area contributed by atoms with Gasteiger partial charge in [-0.05, 0) is 90.7 Å². The average molecular weight is 1030 g/mol. The average Bonchev–Trinajstić information content (AvgIpc) is 3.64. The highest BCUT2D eigenvalue weighted by atomic mass is 16.8. The van der Waals surface area contributed by atoms with Crippen molar-refractivity contribution in [3.8, 4) is 17.2 Å². The van der Waals surface area contributed by atoms with E-state index in [1.54, 1.807) is 6.08 Å². The Morgan fingerprint density at radius 3 is 2.36 bits per heavy atom. The summed E-state index contributed by atoms with van der Waals surface area (Å²) in [6.45, 7) is -2.65. The molecule has 74 heavy (non-hydrogen) atoms. The van der Waals surface area contributed by atoms with E-state index in [-0.39, 0.29) is 71.5 Å². The number of nitrogens with one attached hydrogen (secondary N) is 3. The number of phenolic OH excluding ortho intramolecular Hbond substituents is 1. The minimum absolute atomic E-state index is 0.0411. The first kappa shape index (κ1) is 52.2. The molecular formula is C51H62N8O15. The van der Waals surface area contributed by atoms with Gasteiger partial charge in [-0.3, -0.25) is 29.1 Å². The predicted octanol–water partition coefficient (Wildman–Crippen LogP) is -1.86. The number of allylic oxidation sites excluding steroid dienone is 3. The van der Waals surface area contributed by atoms with Crippen LogP contribution in [-0.4, -0.2) is 152 Å². The molecule has 0 bridgehead atoms. The Bertz CT molecular complexity index is 2840. The molecule has 3 aliphatic carbocycles. The zero-order chi connectivity index (χ0) is 53.1. The van der Waals surface area contributed by atoms with Crippen LogP contribution in [0.25, 0.3) is 0 Å². The maximum absolute atomic E-state index is 15.6. The Balaban J connectivity index is 1.15. The maximum atomic E-state index is 15.6. The lowest BCUT2D eigenvalue weighted by Crippen LogP contribution is -2.75. The van der Waals surface area contributed by atoms with Gasteiger partial charge in [-0.25, -0.2) is 0 Å². The quantitative estimate of drug-likeness (QED) is 0.0478. The Hall–Kier alpha value is -6.67. The molecule has 0 aromatic heterocycles. The molecule has 2 aromatic rings. The van der Waals surface area contributed by atoms with Gasteiger partial charge in [0.25, 0.3) is 11.8 Å². The minimum Gasteiger partial charge on any atom is -0.507 e. The van der Waals surface area contributed by atoms with Gasteiger partial charge in [0, 0.05) is 79.3 Å². The van der Waals surface area contributed by atoms with Gasteiger partial charge in [0.15, 0.2) is 11.7 Å². The van der Waals surface area contributed by atoms with Crippen LogP contribution in [0.1, 0.15) is 98.2 Å². The van der Waals surface area contributed by atoms with Gasteiger partial charge in [-0.1, -0.05) is 12.2 Å². The van der Waals surface area contributed by atoms with Gasteiger partial charge >= 0.3 is 0 Å². The van der Waals surface area contributed by atoms with Gasteiger partial charge in [-0.2, -0.15) is 0 Å². The number of fused-ring (bicyclic) bond motifs is 3. The second-order valence-electron chi connectivity index (χ2n) is 19.7. The molecule has 7 aliphatic rings. The maximum Gasteiger partial charge on any atom is 0.253 e. The molecule has 11 unspecified atom stereocenters. The van der Waals surface area contributed by atoms with Crippen molar-refractivity contribution in [2.75, 3.05) is 40.5 Å². The van der Waals surface area contributed by atoms with E-state index in [9.17, 15) is 50.4 Å². The number of methoxy groups -OCH3 is 1. The minimum atomic E-state index is -3.20. The number of benzene rings is 2. The molecule has 23 heteroatoms. The molecule has 9 rings (SSSR count). The number of nitrogens with zero attached hydrogens (tertiary/aromatic N) is 2. The predicted molar refractivity (Wildman–Crippen MR) is 261 cm³/mol. The highest BCUT2D eigenvalue weighted by Gasteiger charge is 2.65. The highest BCUT2D eigenvalue weighted by molar-refractivity contribution is 6.31. The largest absolute Gasteiger partial charge is 0.507 e. The fourth-order valence-corrected chi connectivity index (χ4v) is 12.2. The Morgan fingerprint density at radius 1 is 1.00 bits per heavy atom. The number of carbonyl (C=O) groups is 4. The molecular weight excluding hydrogens is 965 g/mol. The second kappa shape index (κ2) is 20.2. The number of hydrogen-bond acceptors (Lipinski definition) is 20. The number of hydrogen-bond donors (Lipinski definition) is 14. The number of imide groups is 1. The first-order chi connectivity index (χ1) is 35.3. The van der Waals surface area contributed by atoms with Crippen LogP contribution in [0.3, 0.4) is 0 Å². The van der Waals surface area contributed by atoms with Crippen LogP contribution in [0.15, 0.2) is 70.7 Å². The summed E-state index contributed by atoms with van der Waals surface area (Å²) < 4.78 is 17.6. The second-order valence-corrected chi connectivity index (χ2v) is 19.7. The molecule has 0 spiro atoms. The third-order valence-electron chi connectivity index (χ3n) is 15.7. The summed E-state index contributed by atoms with van der Waals surface area (Å²) in [4.78, 5) is 61.5. The van der Waals surface area contributed by atoms with Gasteiger partial charge in [-0.15, -0.1) is 0 Å². The van der Waals surface area contributed by atoms with Gasteiger partial charge in [0.1, 0.15) is 41.7 Å². The van der Waals surface area contributed by atoms with Gasteiger partial charge < -0.3 is 88.2 Å². The summed E-state index contributed by atoms with van der Waals surface area (Å²) in [5.41, 5.74) is 16.5. The van der Waals surface area contributed by atoms with Crippen molar-refractivity contribution < 1.29 is 74.2 Å². The number of carbonyl (C=O) groups excluding carboxylic acids is 4. The van der Waals surface area contributed by atoms with E-state index in [1.807, 2.05) is 18.4 Å². The Morgan fingerprint density at radius 2 is 1.73 bits per heavy atom. The molecule has 396 valence electrons. The zero-order valence-corrected chi connectivity index (χ0v) is 40.7. The number of dihydropyridines is 2. The van der Waals surface area contributed by atoms with E-state index in [0.717, 1.165) is 28.7 Å². The number of ketones is 2. The van der Waals surface area contributed by atoms with Crippen molar-refractivity contribution in [1.29, 1.82) is 0 Å². The van der Waals surface area contributed by atoms with E-state index in [0.29, 0.717) is 47.9 Å². The number of nitrogens with two attached hydrogens (primary N) is 3. The number of amides is 2. The summed E-state index contributed by atoms with van der Waals surface area (Å²) in [7, 11) is 2.71. The van der Waals surface area contributed by atoms with Crippen LogP contribution < -0.4 is 42.6 Å². The molecule has 11 atom stereocenters. The monoisotopic (exact) mass is 1030 g/mol. The Kier molecular flexibility index (Phi) is 14.3. The third-order valence-corrected chi connectivity index (χ3v) is 15.7. The smallest absolute Gasteiger partial charge is 0.253 e. The summed E-state index contributed by atoms with van der Waals surface area (Å²) in [5.74, 6) is -9.25. The summed E-state index contributed by atoms with van der Waals surface area (Å²) in [5, 5.41) is 102. The molecule has 1 fully saturated rings. The first-order valence-corrected chi connectivity index (χ1v) is 24.4.